The molecule has 1 heterocycles. The number of hydrogen-bond donors (Lipinski definition) is 2. The number of aliphatic hydroxyl groups is 1. The Labute approximate surface area is 118 Å². The van der Waals surface area contributed by atoms with Crippen molar-refractivity contribution >= 4 is 0 Å². The van der Waals surface area contributed by atoms with Gasteiger partial charge >= 0.3 is 6.18 Å². The van der Waals surface area contributed by atoms with Crippen LogP contribution >= 0.6 is 0 Å². The highest BCUT2D eigenvalue weighted by atomic mass is 19.4. The average Bonchev–Trinajstić information content (AvgIpc) is 2.93. The van der Waals surface area contributed by atoms with Crippen LogP contribution in [0.15, 0.2) is 41.0 Å². The first-order valence-corrected chi connectivity index (χ1v) is 6.15. The maximum atomic E-state index is 12.9. The highest BCUT2D eigenvalue weighted by Crippen LogP contribution is 2.32. The Balaban J connectivity index is 2.00. The van der Waals surface area contributed by atoms with E-state index < -0.39 is 23.7 Å². The van der Waals surface area contributed by atoms with E-state index in [1.54, 1.807) is 12.1 Å². The molecule has 114 valence electrons. The van der Waals surface area contributed by atoms with E-state index in [1.165, 1.54) is 6.26 Å². The summed E-state index contributed by atoms with van der Waals surface area (Å²) in [6.07, 6.45) is -4.20. The molecular formula is C14H13F4NO2. The molecule has 0 saturated heterocycles. The summed E-state index contributed by atoms with van der Waals surface area (Å²) in [5.74, 6) is -0.626. The lowest BCUT2D eigenvalue weighted by atomic mass is 10.1. The van der Waals surface area contributed by atoms with Crippen molar-refractivity contribution in [2.24, 2.45) is 0 Å². The van der Waals surface area contributed by atoms with E-state index in [4.69, 9.17) is 4.42 Å². The Bertz CT molecular complexity index is 581. The van der Waals surface area contributed by atoms with Crippen molar-refractivity contribution in [3.05, 3.63) is 59.3 Å². The Morgan fingerprint density at radius 2 is 2.00 bits per heavy atom. The fourth-order valence-electron chi connectivity index (χ4n) is 1.89. The van der Waals surface area contributed by atoms with Gasteiger partial charge in [0.1, 0.15) is 17.7 Å². The summed E-state index contributed by atoms with van der Waals surface area (Å²) in [5, 5.41) is 12.4. The van der Waals surface area contributed by atoms with Crippen molar-refractivity contribution in [3.63, 3.8) is 0 Å². The third kappa shape index (κ3) is 4.05. The third-order valence-corrected chi connectivity index (χ3v) is 2.90. The van der Waals surface area contributed by atoms with Crippen molar-refractivity contribution in [3.8, 4) is 0 Å². The topological polar surface area (TPSA) is 45.4 Å². The predicted octanol–water partition coefficient (Wildman–Crippen LogP) is 3.26. The van der Waals surface area contributed by atoms with E-state index in [1.807, 2.05) is 0 Å². The molecule has 0 aliphatic rings. The van der Waals surface area contributed by atoms with Crippen LogP contribution in [-0.4, -0.2) is 11.7 Å². The van der Waals surface area contributed by atoms with Gasteiger partial charge in [0, 0.05) is 13.1 Å². The van der Waals surface area contributed by atoms with E-state index in [-0.39, 0.29) is 18.7 Å². The van der Waals surface area contributed by atoms with Crippen LogP contribution in [0.2, 0.25) is 0 Å². The molecule has 0 fully saturated rings. The van der Waals surface area contributed by atoms with Gasteiger partial charge in [-0.1, -0.05) is 6.07 Å². The van der Waals surface area contributed by atoms with Crippen LogP contribution in [0, 0.1) is 5.82 Å². The summed E-state index contributed by atoms with van der Waals surface area (Å²) in [6.45, 7) is -0.130. The standard InChI is InChI=1S/C14H13F4NO2/c15-10-4-3-9(11(6-10)14(16,17)18)7-19-8-12(20)13-2-1-5-21-13/h1-6,12,19-20H,7-8H2. The van der Waals surface area contributed by atoms with Crippen molar-refractivity contribution in [1.82, 2.24) is 5.32 Å². The number of furan rings is 1. The molecule has 1 aromatic heterocycles. The third-order valence-electron chi connectivity index (χ3n) is 2.90. The molecule has 0 spiro atoms. The highest BCUT2D eigenvalue weighted by Gasteiger charge is 2.33. The Morgan fingerprint density at radius 1 is 1.24 bits per heavy atom. The smallest absolute Gasteiger partial charge is 0.416 e. The predicted molar refractivity (Wildman–Crippen MR) is 66.8 cm³/mol. The summed E-state index contributed by atoms with van der Waals surface area (Å²) in [5.41, 5.74) is -1.11. The van der Waals surface area contributed by atoms with Crippen LogP contribution in [0.5, 0.6) is 0 Å². The molecule has 0 radical (unpaired) electrons. The highest BCUT2D eigenvalue weighted by molar-refractivity contribution is 5.30. The van der Waals surface area contributed by atoms with E-state index in [0.29, 0.717) is 11.8 Å². The number of nitrogens with one attached hydrogen (secondary N) is 1. The van der Waals surface area contributed by atoms with Gasteiger partial charge in [0.25, 0.3) is 0 Å². The lowest BCUT2D eigenvalue weighted by Crippen LogP contribution is -2.22. The summed E-state index contributed by atoms with van der Waals surface area (Å²) in [7, 11) is 0. The minimum atomic E-state index is -4.63. The molecule has 3 nitrogen and oxygen atoms in total. The number of rotatable bonds is 5. The zero-order valence-electron chi connectivity index (χ0n) is 10.8. The molecule has 7 heteroatoms. The molecule has 0 amide bonds. The van der Waals surface area contributed by atoms with Crippen molar-refractivity contribution in [1.29, 1.82) is 0 Å². The first-order chi connectivity index (χ1) is 9.88. The Morgan fingerprint density at radius 3 is 2.62 bits per heavy atom. The van der Waals surface area contributed by atoms with Crippen LogP contribution in [0.1, 0.15) is 23.0 Å². The Hall–Kier alpha value is -1.86. The quantitative estimate of drug-likeness (QED) is 0.833. The lowest BCUT2D eigenvalue weighted by Gasteiger charge is -2.14. The number of aliphatic hydroxyl groups excluding tert-OH is 1. The summed E-state index contributed by atoms with van der Waals surface area (Å²) in [4.78, 5) is 0. The number of benzene rings is 1. The zero-order valence-corrected chi connectivity index (χ0v) is 10.8. The Kier molecular flexibility index (Phi) is 4.64. The second kappa shape index (κ2) is 6.28. The molecule has 0 bridgehead atoms. The molecule has 1 atom stereocenters. The van der Waals surface area contributed by atoms with Gasteiger partial charge in [-0.3, -0.25) is 0 Å². The molecule has 21 heavy (non-hydrogen) atoms. The second-order valence-corrected chi connectivity index (χ2v) is 4.46. The van der Waals surface area contributed by atoms with Crippen molar-refractivity contribution in [2.75, 3.05) is 6.54 Å². The van der Waals surface area contributed by atoms with Crippen LogP contribution < -0.4 is 5.32 Å². The lowest BCUT2D eigenvalue weighted by molar-refractivity contribution is -0.138. The van der Waals surface area contributed by atoms with Crippen molar-refractivity contribution < 1.29 is 27.1 Å². The second-order valence-electron chi connectivity index (χ2n) is 4.46. The van der Waals surface area contributed by atoms with E-state index in [2.05, 4.69) is 5.32 Å². The molecule has 0 aliphatic carbocycles. The molecule has 2 aromatic rings. The molecule has 1 aromatic carbocycles. The van der Waals surface area contributed by atoms with Crippen molar-refractivity contribution in [2.45, 2.75) is 18.8 Å². The maximum absolute atomic E-state index is 12.9. The number of hydrogen-bond acceptors (Lipinski definition) is 3. The minimum Gasteiger partial charge on any atom is -0.467 e. The van der Waals surface area contributed by atoms with Gasteiger partial charge in [0.05, 0.1) is 11.8 Å². The van der Waals surface area contributed by atoms with E-state index >= 15 is 0 Å². The SMILES string of the molecule is OC(CNCc1ccc(F)cc1C(F)(F)F)c1ccco1. The molecule has 2 N–H and O–H groups in total. The fraction of sp³-hybridized carbons (Fsp3) is 0.286. The van der Waals surface area contributed by atoms with Gasteiger partial charge in [-0.25, -0.2) is 4.39 Å². The first-order valence-electron chi connectivity index (χ1n) is 6.15. The fourth-order valence-corrected chi connectivity index (χ4v) is 1.89. The molecule has 2 rings (SSSR count). The zero-order chi connectivity index (χ0) is 15.5. The monoisotopic (exact) mass is 303 g/mol. The van der Waals surface area contributed by atoms with Crippen LogP contribution in [-0.2, 0) is 12.7 Å². The van der Waals surface area contributed by atoms with Crippen LogP contribution in [0.3, 0.4) is 0 Å². The number of halogens is 4. The summed E-state index contributed by atoms with van der Waals surface area (Å²) >= 11 is 0. The van der Waals surface area contributed by atoms with Crippen LogP contribution in [0.25, 0.3) is 0 Å². The minimum absolute atomic E-state index is 0.0161. The summed E-state index contributed by atoms with van der Waals surface area (Å²) in [6, 6.07) is 5.66. The molecule has 1 unspecified atom stereocenters. The summed E-state index contributed by atoms with van der Waals surface area (Å²) < 4.78 is 56.2. The van der Waals surface area contributed by atoms with Gasteiger partial charge in [-0.15, -0.1) is 0 Å². The van der Waals surface area contributed by atoms with Gasteiger partial charge in [-0.05, 0) is 29.8 Å². The first kappa shape index (κ1) is 15.5. The largest absolute Gasteiger partial charge is 0.467 e. The van der Waals surface area contributed by atoms with Gasteiger partial charge < -0.3 is 14.8 Å². The maximum Gasteiger partial charge on any atom is 0.416 e. The van der Waals surface area contributed by atoms with E-state index in [0.717, 1.165) is 12.1 Å². The van der Waals surface area contributed by atoms with Gasteiger partial charge in [0.2, 0.25) is 0 Å². The molecular weight excluding hydrogens is 290 g/mol. The van der Waals surface area contributed by atoms with Gasteiger partial charge in [0.15, 0.2) is 0 Å². The van der Waals surface area contributed by atoms with Crippen LogP contribution in [0.4, 0.5) is 17.6 Å². The molecule has 0 saturated carbocycles. The van der Waals surface area contributed by atoms with Gasteiger partial charge in [-0.2, -0.15) is 13.2 Å². The number of alkyl halides is 3. The average molecular weight is 303 g/mol. The van der Waals surface area contributed by atoms with E-state index in [9.17, 15) is 22.7 Å². The molecule has 0 aliphatic heterocycles. The normalized spacial score (nSPS) is 13.4.